The lowest BCUT2D eigenvalue weighted by molar-refractivity contribution is -0.384. The van der Waals surface area contributed by atoms with Gasteiger partial charge >= 0.3 is 5.97 Å². The van der Waals surface area contributed by atoms with Crippen molar-refractivity contribution in [2.45, 2.75) is 38.6 Å². The summed E-state index contributed by atoms with van der Waals surface area (Å²) >= 11 is 0. The third kappa shape index (κ3) is 3.07. The predicted molar refractivity (Wildman–Crippen MR) is 75.1 cm³/mol. The highest BCUT2D eigenvalue weighted by molar-refractivity contribution is 5.95. The molecule has 0 bridgehead atoms. The molecule has 0 heterocycles. The Balaban J connectivity index is 2.21. The molecule has 1 aliphatic rings. The van der Waals surface area contributed by atoms with Crippen molar-refractivity contribution in [3.05, 3.63) is 33.9 Å². The van der Waals surface area contributed by atoms with Crippen molar-refractivity contribution in [3.63, 3.8) is 0 Å². The standard InChI is InChI=1S/C14H18N2O4/c1-9(10-4-2-3-5-10)15-13-7-6-11(16(19)20)8-12(13)14(17)18/h6-10,15H,2-5H2,1H3,(H,17,18). The quantitative estimate of drug-likeness (QED) is 0.637. The number of benzene rings is 1. The molecule has 0 aliphatic heterocycles. The van der Waals surface area contributed by atoms with E-state index in [4.69, 9.17) is 0 Å². The number of carboxylic acids is 1. The first-order valence-electron chi connectivity index (χ1n) is 6.77. The molecule has 6 heteroatoms. The summed E-state index contributed by atoms with van der Waals surface area (Å²) in [5, 5.41) is 23.1. The molecule has 1 saturated carbocycles. The van der Waals surface area contributed by atoms with Crippen LogP contribution in [-0.2, 0) is 0 Å². The topological polar surface area (TPSA) is 92.5 Å². The molecule has 108 valence electrons. The van der Waals surface area contributed by atoms with E-state index in [1.807, 2.05) is 6.92 Å². The monoisotopic (exact) mass is 278 g/mol. The van der Waals surface area contributed by atoms with E-state index in [2.05, 4.69) is 5.32 Å². The average Bonchev–Trinajstić information content (AvgIpc) is 2.92. The molecule has 0 radical (unpaired) electrons. The first-order chi connectivity index (χ1) is 9.49. The van der Waals surface area contributed by atoms with E-state index in [0.717, 1.165) is 18.9 Å². The number of hydrogen-bond donors (Lipinski definition) is 2. The minimum Gasteiger partial charge on any atom is -0.478 e. The molecule has 0 spiro atoms. The molecule has 1 aromatic rings. The lowest BCUT2D eigenvalue weighted by Gasteiger charge is -2.22. The zero-order chi connectivity index (χ0) is 14.7. The van der Waals surface area contributed by atoms with Crippen LogP contribution in [0, 0.1) is 16.0 Å². The van der Waals surface area contributed by atoms with Crippen LogP contribution < -0.4 is 5.32 Å². The maximum absolute atomic E-state index is 11.2. The molecule has 0 aromatic heterocycles. The molecule has 1 atom stereocenters. The second kappa shape index (κ2) is 5.90. The Morgan fingerprint density at radius 1 is 1.45 bits per heavy atom. The summed E-state index contributed by atoms with van der Waals surface area (Å²) in [6.07, 6.45) is 4.71. The molecular formula is C14H18N2O4. The number of aromatic carboxylic acids is 1. The minimum atomic E-state index is -1.16. The van der Waals surface area contributed by atoms with Gasteiger partial charge in [0.15, 0.2) is 0 Å². The fourth-order valence-corrected chi connectivity index (χ4v) is 2.77. The van der Waals surface area contributed by atoms with Gasteiger partial charge in [-0.05, 0) is 31.7 Å². The van der Waals surface area contributed by atoms with Crippen molar-refractivity contribution in [1.29, 1.82) is 0 Å². The summed E-state index contributed by atoms with van der Waals surface area (Å²) in [6, 6.07) is 4.08. The summed E-state index contributed by atoms with van der Waals surface area (Å²) in [5.74, 6) is -0.623. The number of hydrogen-bond acceptors (Lipinski definition) is 4. The van der Waals surface area contributed by atoms with Crippen LogP contribution in [0.15, 0.2) is 18.2 Å². The van der Waals surface area contributed by atoms with Gasteiger partial charge in [0.05, 0.1) is 10.5 Å². The third-order valence-electron chi connectivity index (χ3n) is 3.93. The Morgan fingerprint density at radius 2 is 2.10 bits per heavy atom. The Bertz CT molecular complexity index is 524. The highest BCUT2D eigenvalue weighted by atomic mass is 16.6. The Morgan fingerprint density at radius 3 is 2.65 bits per heavy atom. The third-order valence-corrected chi connectivity index (χ3v) is 3.93. The molecule has 1 fully saturated rings. The number of carboxylic acid groups (broad SMARTS) is 1. The minimum absolute atomic E-state index is 0.0518. The number of carbonyl (C=O) groups is 1. The maximum Gasteiger partial charge on any atom is 0.338 e. The second-order valence-electron chi connectivity index (χ2n) is 5.27. The van der Waals surface area contributed by atoms with E-state index in [0.29, 0.717) is 11.6 Å². The molecule has 2 N–H and O–H groups in total. The van der Waals surface area contributed by atoms with E-state index < -0.39 is 10.9 Å². The van der Waals surface area contributed by atoms with Gasteiger partial charge in [-0.2, -0.15) is 0 Å². The number of nitro benzene ring substituents is 1. The number of anilines is 1. The Kier molecular flexibility index (Phi) is 4.22. The van der Waals surface area contributed by atoms with E-state index in [9.17, 15) is 20.0 Å². The molecule has 0 saturated heterocycles. The van der Waals surface area contributed by atoms with Gasteiger partial charge in [-0.3, -0.25) is 10.1 Å². The van der Waals surface area contributed by atoms with Gasteiger partial charge < -0.3 is 10.4 Å². The van der Waals surface area contributed by atoms with Crippen LogP contribution in [0.1, 0.15) is 43.0 Å². The van der Waals surface area contributed by atoms with Crippen LogP contribution >= 0.6 is 0 Å². The van der Waals surface area contributed by atoms with Crippen molar-refractivity contribution in [2.75, 3.05) is 5.32 Å². The van der Waals surface area contributed by atoms with Gasteiger partial charge in [0.25, 0.3) is 5.69 Å². The number of non-ortho nitro benzene ring substituents is 1. The molecule has 1 aliphatic carbocycles. The van der Waals surface area contributed by atoms with Crippen molar-refractivity contribution >= 4 is 17.3 Å². The zero-order valence-electron chi connectivity index (χ0n) is 11.3. The molecule has 6 nitrogen and oxygen atoms in total. The van der Waals surface area contributed by atoms with E-state index in [1.54, 1.807) is 0 Å². The fourth-order valence-electron chi connectivity index (χ4n) is 2.77. The summed E-state index contributed by atoms with van der Waals surface area (Å²) in [7, 11) is 0. The Labute approximate surface area is 117 Å². The lowest BCUT2D eigenvalue weighted by atomic mass is 9.99. The summed E-state index contributed by atoms with van der Waals surface area (Å²) < 4.78 is 0. The number of rotatable bonds is 5. The van der Waals surface area contributed by atoms with Gasteiger partial charge in [-0.15, -0.1) is 0 Å². The predicted octanol–water partition coefficient (Wildman–Crippen LogP) is 3.28. The summed E-state index contributed by atoms with van der Waals surface area (Å²) in [6.45, 7) is 2.03. The van der Waals surface area contributed by atoms with Crippen LogP contribution in [0.3, 0.4) is 0 Å². The van der Waals surface area contributed by atoms with E-state index >= 15 is 0 Å². The van der Waals surface area contributed by atoms with Crippen molar-refractivity contribution in [2.24, 2.45) is 5.92 Å². The van der Waals surface area contributed by atoms with E-state index in [-0.39, 0.29) is 17.3 Å². The molecule has 20 heavy (non-hydrogen) atoms. The van der Waals surface area contributed by atoms with Crippen LogP contribution in [0.5, 0.6) is 0 Å². The van der Waals surface area contributed by atoms with Crippen molar-refractivity contribution in [1.82, 2.24) is 0 Å². The zero-order valence-corrected chi connectivity index (χ0v) is 11.3. The summed E-state index contributed by atoms with van der Waals surface area (Å²) in [4.78, 5) is 21.4. The average molecular weight is 278 g/mol. The summed E-state index contributed by atoms with van der Waals surface area (Å²) in [5.41, 5.74) is 0.188. The number of nitrogens with one attached hydrogen (secondary N) is 1. The van der Waals surface area contributed by atoms with Crippen LogP contribution in [0.4, 0.5) is 11.4 Å². The Hall–Kier alpha value is -2.11. The van der Waals surface area contributed by atoms with Crippen LogP contribution in [0.25, 0.3) is 0 Å². The fraction of sp³-hybridized carbons (Fsp3) is 0.500. The van der Waals surface area contributed by atoms with Gasteiger partial charge in [0.2, 0.25) is 0 Å². The molecule has 0 amide bonds. The van der Waals surface area contributed by atoms with Crippen LogP contribution in [0.2, 0.25) is 0 Å². The van der Waals surface area contributed by atoms with Crippen LogP contribution in [-0.4, -0.2) is 22.0 Å². The van der Waals surface area contributed by atoms with Crippen molar-refractivity contribution < 1.29 is 14.8 Å². The van der Waals surface area contributed by atoms with Gasteiger partial charge in [0, 0.05) is 23.9 Å². The first-order valence-corrected chi connectivity index (χ1v) is 6.77. The SMILES string of the molecule is CC(Nc1ccc([N+](=O)[O-])cc1C(=O)O)C1CCCC1. The molecule has 2 rings (SSSR count). The maximum atomic E-state index is 11.2. The first kappa shape index (κ1) is 14.3. The second-order valence-corrected chi connectivity index (χ2v) is 5.27. The van der Waals surface area contributed by atoms with E-state index in [1.165, 1.54) is 25.0 Å². The van der Waals surface area contributed by atoms with Gasteiger partial charge in [-0.25, -0.2) is 4.79 Å². The molecule has 1 unspecified atom stereocenters. The normalized spacial score (nSPS) is 16.9. The highest BCUT2D eigenvalue weighted by Gasteiger charge is 2.23. The molecule has 1 aromatic carbocycles. The lowest BCUT2D eigenvalue weighted by Crippen LogP contribution is -2.25. The smallest absolute Gasteiger partial charge is 0.338 e. The molecular weight excluding hydrogens is 260 g/mol. The largest absolute Gasteiger partial charge is 0.478 e. The highest BCUT2D eigenvalue weighted by Crippen LogP contribution is 2.30. The van der Waals surface area contributed by atoms with Gasteiger partial charge in [-0.1, -0.05) is 12.8 Å². The number of nitrogens with zero attached hydrogens (tertiary/aromatic N) is 1. The van der Waals surface area contributed by atoms with Crippen molar-refractivity contribution in [3.8, 4) is 0 Å². The number of nitro groups is 1. The van der Waals surface area contributed by atoms with Gasteiger partial charge in [0.1, 0.15) is 0 Å².